The molecule has 4 rings (SSSR count). The molecule has 1 N–H and O–H groups in total. The van der Waals surface area contributed by atoms with Crippen molar-refractivity contribution >= 4 is 27.9 Å². The average Bonchev–Trinajstić information content (AvgIpc) is 3.22. The van der Waals surface area contributed by atoms with Gasteiger partial charge in [0.05, 0.1) is 11.3 Å². The summed E-state index contributed by atoms with van der Waals surface area (Å²) in [4.78, 5) is 17.7. The maximum atomic E-state index is 12.8. The standard InChI is InChI=1S/C19H12F3N3OS/c20-19(21,22)13-7-4-8-14(9-13)23-17(26)16-11-27-18-24-15(10-25(16)18)12-5-2-1-3-6-12/h1-11H,(H,23,26). The summed E-state index contributed by atoms with van der Waals surface area (Å²) in [6, 6.07) is 14.0. The molecular weight excluding hydrogens is 375 g/mol. The second kappa shape index (κ2) is 6.55. The molecule has 4 nitrogen and oxygen atoms in total. The van der Waals surface area contributed by atoms with Gasteiger partial charge in [0, 0.05) is 22.8 Å². The lowest BCUT2D eigenvalue weighted by Gasteiger charge is -2.09. The zero-order valence-electron chi connectivity index (χ0n) is 13.7. The van der Waals surface area contributed by atoms with Crippen LogP contribution in [0.3, 0.4) is 0 Å². The number of halogens is 3. The van der Waals surface area contributed by atoms with Crippen LogP contribution < -0.4 is 5.32 Å². The molecule has 0 fully saturated rings. The van der Waals surface area contributed by atoms with Gasteiger partial charge in [-0.3, -0.25) is 9.20 Å². The number of carbonyl (C=O) groups excluding carboxylic acids is 1. The van der Waals surface area contributed by atoms with Crippen LogP contribution in [0.5, 0.6) is 0 Å². The van der Waals surface area contributed by atoms with Gasteiger partial charge < -0.3 is 5.32 Å². The van der Waals surface area contributed by atoms with Gasteiger partial charge >= 0.3 is 6.18 Å². The van der Waals surface area contributed by atoms with Crippen LogP contribution >= 0.6 is 11.3 Å². The van der Waals surface area contributed by atoms with Crippen LogP contribution in [0.1, 0.15) is 16.1 Å². The number of nitrogens with one attached hydrogen (secondary N) is 1. The Morgan fingerprint density at radius 1 is 1.07 bits per heavy atom. The van der Waals surface area contributed by atoms with E-state index in [4.69, 9.17) is 0 Å². The lowest BCUT2D eigenvalue weighted by atomic mass is 10.2. The fourth-order valence-corrected chi connectivity index (χ4v) is 3.52. The summed E-state index contributed by atoms with van der Waals surface area (Å²) in [6.45, 7) is 0. The number of aromatic nitrogens is 2. The first kappa shape index (κ1) is 17.3. The topological polar surface area (TPSA) is 46.4 Å². The second-order valence-corrected chi connectivity index (χ2v) is 6.63. The number of benzene rings is 2. The molecule has 2 aromatic heterocycles. The number of thiazole rings is 1. The first-order chi connectivity index (χ1) is 12.9. The number of nitrogens with zero attached hydrogens (tertiary/aromatic N) is 2. The van der Waals surface area contributed by atoms with Gasteiger partial charge in [0.15, 0.2) is 4.96 Å². The van der Waals surface area contributed by atoms with Crippen LogP contribution in [-0.2, 0) is 6.18 Å². The minimum Gasteiger partial charge on any atom is -0.321 e. The van der Waals surface area contributed by atoms with Crippen LogP contribution in [0.15, 0.2) is 66.2 Å². The van der Waals surface area contributed by atoms with E-state index in [1.165, 1.54) is 23.5 Å². The van der Waals surface area contributed by atoms with E-state index in [-0.39, 0.29) is 5.69 Å². The number of anilines is 1. The molecule has 136 valence electrons. The van der Waals surface area contributed by atoms with E-state index in [1.807, 2.05) is 30.3 Å². The van der Waals surface area contributed by atoms with Crippen molar-refractivity contribution in [2.75, 3.05) is 5.32 Å². The van der Waals surface area contributed by atoms with Crippen molar-refractivity contribution in [3.63, 3.8) is 0 Å². The number of alkyl halides is 3. The van der Waals surface area contributed by atoms with E-state index in [1.54, 1.807) is 16.0 Å². The summed E-state index contributed by atoms with van der Waals surface area (Å²) in [5.74, 6) is -0.502. The molecule has 2 heterocycles. The number of hydrogen-bond donors (Lipinski definition) is 1. The quantitative estimate of drug-likeness (QED) is 0.516. The molecule has 0 atom stereocenters. The zero-order chi connectivity index (χ0) is 19.0. The maximum absolute atomic E-state index is 12.8. The average molecular weight is 387 g/mol. The van der Waals surface area contributed by atoms with Crippen LogP contribution in [0.2, 0.25) is 0 Å². The summed E-state index contributed by atoms with van der Waals surface area (Å²) in [6.07, 6.45) is -2.73. The molecule has 4 aromatic rings. The Hall–Kier alpha value is -3.13. The van der Waals surface area contributed by atoms with Crippen LogP contribution in [-0.4, -0.2) is 15.3 Å². The lowest BCUT2D eigenvalue weighted by molar-refractivity contribution is -0.137. The Kier molecular flexibility index (Phi) is 4.19. The minimum atomic E-state index is -4.47. The summed E-state index contributed by atoms with van der Waals surface area (Å²) in [5.41, 5.74) is 1.21. The van der Waals surface area contributed by atoms with Gasteiger partial charge in [-0.25, -0.2) is 4.98 Å². The maximum Gasteiger partial charge on any atom is 0.416 e. The molecule has 1 amide bonds. The monoisotopic (exact) mass is 387 g/mol. The van der Waals surface area contributed by atoms with Crippen molar-refractivity contribution in [1.82, 2.24) is 9.38 Å². The molecule has 0 saturated carbocycles. The number of rotatable bonds is 3. The normalized spacial score (nSPS) is 11.7. The summed E-state index contributed by atoms with van der Waals surface area (Å²) in [7, 11) is 0. The SMILES string of the molecule is O=C(Nc1cccc(C(F)(F)F)c1)c1csc2nc(-c3ccccc3)cn12. The fourth-order valence-electron chi connectivity index (χ4n) is 2.66. The number of amides is 1. The highest BCUT2D eigenvalue weighted by atomic mass is 32.1. The first-order valence-corrected chi connectivity index (χ1v) is 8.80. The van der Waals surface area contributed by atoms with Crippen molar-refractivity contribution < 1.29 is 18.0 Å². The highest BCUT2D eigenvalue weighted by Gasteiger charge is 2.30. The van der Waals surface area contributed by atoms with E-state index in [0.717, 1.165) is 23.4 Å². The molecule has 0 spiro atoms. The largest absolute Gasteiger partial charge is 0.416 e. The molecule has 0 aliphatic heterocycles. The summed E-state index contributed by atoms with van der Waals surface area (Å²) in [5, 5.41) is 4.14. The van der Waals surface area contributed by atoms with Crippen LogP contribution in [0.4, 0.5) is 18.9 Å². The Morgan fingerprint density at radius 3 is 2.59 bits per heavy atom. The van der Waals surface area contributed by atoms with Crippen molar-refractivity contribution in [3.05, 3.63) is 77.4 Å². The van der Waals surface area contributed by atoms with E-state index in [0.29, 0.717) is 10.7 Å². The Morgan fingerprint density at radius 2 is 1.85 bits per heavy atom. The van der Waals surface area contributed by atoms with Gasteiger partial charge in [0.25, 0.3) is 5.91 Å². The predicted molar refractivity (Wildman–Crippen MR) is 97.9 cm³/mol. The molecule has 8 heteroatoms. The Labute approximate surface area is 155 Å². The van der Waals surface area contributed by atoms with Gasteiger partial charge in [-0.15, -0.1) is 11.3 Å². The Bertz CT molecular complexity index is 1120. The third-order valence-electron chi connectivity index (χ3n) is 3.96. The van der Waals surface area contributed by atoms with Gasteiger partial charge in [-0.05, 0) is 18.2 Å². The Balaban J connectivity index is 1.63. The van der Waals surface area contributed by atoms with E-state index in [2.05, 4.69) is 10.3 Å². The lowest BCUT2D eigenvalue weighted by Crippen LogP contribution is -2.14. The van der Waals surface area contributed by atoms with Gasteiger partial charge in [-0.1, -0.05) is 36.4 Å². The molecule has 0 saturated heterocycles. The molecule has 0 aliphatic carbocycles. The molecular formula is C19H12F3N3OS. The number of fused-ring (bicyclic) bond motifs is 1. The number of carbonyl (C=O) groups is 1. The predicted octanol–water partition coefficient (Wildman–Crippen LogP) is 5.33. The number of imidazole rings is 1. The summed E-state index contributed by atoms with van der Waals surface area (Å²) >= 11 is 1.29. The highest BCUT2D eigenvalue weighted by molar-refractivity contribution is 7.15. The number of hydrogen-bond acceptors (Lipinski definition) is 3. The molecule has 2 aromatic carbocycles. The van der Waals surface area contributed by atoms with Crippen LogP contribution in [0.25, 0.3) is 16.2 Å². The van der Waals surface area contributed by atoms with Crippen molar-refractivity contribution in [2.45, 2.75) is 6.18 Å². The molecule has 0 radical (unpaired) electrons. The van der Waals surface area contributed by atoms with Gasteiger partial charge in [0.1, 0.15) is 5.69 Å². The third-order valence-corrected chi connectivity index (χ3v) is 4.80. The first-order valence-electron chi connectivity index (χ1n) is 7.92. The zero-order valence-corrected chi connectivity index (χ0v) is 14.5. The molecule has 27 heavy (non-hydrogen) atoms. The highest BCUT2D eigenvalue weighted by Crippen LogP contribution is 2.31. The summed E-state index contributed by atoms with van der Waals surface area (Å²) < 4.78 is 40.1. The van der Waals surface area contributed by atoms with Gasteiger partial charge in [0.2, 0.25) is 0 Å². The molecule has 0 aliphatic rings. The third kappa shape index (κ3) is 3.43. The molecule has 0 bridgehead atoms. The van der Waals surface area contributed by atoms with E-state index in [9.17, 15) is 18.0 Å². The van der Waals surface area contributed by atoms with E-state index < -0.39 is 17.6 Å². The fraction of sp³-hybridized carbons (Fsp3) is 0.0526. The minimum absolute atomic E-state index is 0.0811. The van der Waals surface area contributed by atoms with Crippen molar-refractivity contribution in [2.24, 2.45) is 0 Å². The van der Waals surface area contributed by atoms with Crippen molar-refractivity contribution in [1.29, 1.82) is 0 Å². The van der Waals surface area contributed by atoms with Gasteiger partial charge in [-0.2, -0.15) is 13.2 Å². The van der Waals surface area contributed by atoms with Crippen molar-refractivity contribution in [3.8, 4) is 11.3 Å². The van der Waals surface area contributed by atoms with Crippen LogP contribution in [0, 0.1) is 0 Å². The van der Waals surface area contributed by atoms with E-state index >= 15 is 0 Å². The smallest absolute Gasteiger partial charge is 0.321 e. The molecule has 0 unspecified atom stereocenters. The second-order valence-electron chi connectivity index (χ2n) is 5.80.